The molecule has 3 aromatic rings. The van der Waals surface area contributed by atoms with E-state index in [0.29, 0.717) is 28.9 Å². The highest BCUT2D eigenvalue weighted by Gasteiger charge is 2.14. The van der Waals surface area contributed by atoms with Crippen LogP contribution >= 0.6 is 0 Å². The molecule has 0 amide bonds. The van der Waals surface area contributed by atoms with Crippen molar-refractivity contribution in [1.29, 1.82) is 0 Å². The van der Waals surface area contributed by atoms with E-state index in [1.54, 1.807) is 34.9 Å². The van der Waals surface area contributed by atoms with E-state index in [4.69, 9.17) is 4.74 Å². The lowest BCUT2D eigenvalue weighted by Gasteiger charge is -2.07. The Hall–Kier alpha value is -2.66. The Morgan fingerprint density at radius 1 is 1.20 bits per heavy atom. The molecule has 0 unspecified atom stereocenters. The van der Waals surface area contributed by atoms with Gasteiger partial charge < -0.3 is 9.84 Å². The van der Waals surface area contributed by atoms with Gasteiger partial charge in [0.2, 0.25) is 5.88 Å². The Balaban J connectivity index is 2.08. The minimum atomic E-state index is -0.139. The van der Waals surface area contributed by atoms with Gasteiger partial charge in [0.25, 0.3) is 0 Å². The minimum Gasteiger partial charge on any atom is -0.437 e. The van der Waals surface area contributed by atoms with E-state index >= 15 is 0 Å². The molecule has 100 valence electrons. The summed E-state index contributed by atoms with van der Waals surface area (Å²) in [6, 6.07) is 12.5. The number of imidazole rings is 1. The van der Waals surface area contributed by atoms with Crippen molar-refractivity contribution in [3.8, 4) is 11.6 Å². The Morgan fingerprint density at radius 2 is 2.00 bits per heavy atom. The number of fused-ring (bicyclic) bond motifs is 1. The summed E-state index contributed by atoms with van der Waals surface area (Å²) in [6.45, 7) is -0.139. The van der Waals surface area contributed by atoms with Crippen LogP contribution < -0.4 is 4.74 Å². The van der Waals surface area contributed by atoms with Crippen molar-refractivity contribution in [3.63, 3.8) is 0 Å². The molecule has 0 saturated heterocycles. The highest BCUT2D eigenvalue weighted by molar-refractivity contribution is 5.78. The topological polar surface area (TPSA) is 63.8 Å². The first-order valence-corrected chi connectivity index (χ1v) is 6.12. The van der Waals surface area contributed by atoms with Gasteiger partial charge in [-0.2, -0.15) is 4.98 Å². The van der Waals surface area contributed by atoms with E-state index in [1.165, 1.54) is 0 Å². The Bertz CT molecular complexity index is 765. The smallest absolute Gasteiger partial charge is 0.249 e. The van der Waals surface area contributed by atoms with E-state index in [-0.39, 0.29) is 12.5 Å². The number of hydrogen-bond donors (Lipinski definition) is 1. The highest BCUT2D eigenvalue weighted by atomic mass is 16.5. The van der Waals surface area contributed by atoms with Crippen molar-refractivity contribution in [2.75, 3.05) is 0 Å². The molecule has 3 rings (SSSR count). The third kappa shape index (κ3) is 2.04. The van der Waals surface area contributed by atoms with Crippen LogP contribution in [0.25, 0.3) is 5.65 Å². The van der Waals surface area contributed by atoms with Crippen LogP contribution in [0.3, 0.4) is 0 Å². The molecule has 20 heavy (non-hydrogen) atoms. The highest BCUT2D eigenvalue weighted by Crippen LogP contribution is 2.27. The molecular formula is C15H12N2O3. The van der Waals surface area contributed by atoms with Gasteiger partial charge in [-0.15, -0.1) is 0 Å². The average molecular weight is 268 g/mol. The largest absolute Gasteiger partial charge is 0.437 e. The number of rotatable bonds is 4. The summed E-state index contributed by atoms with van der Waals surface area (Å²) in [6.07, 6.45) is 2.45. The minimum absolute atomic E-state index is 0.139. The summed E-state index contributed by atoms with van der Waals surface area (Å²) in [4.78, 5) is 15.5. The number of pyridine rings is 1. The second-order valence-corrected chi connectivity index (χ2v) is 4.22. The summed E-state index contributed by atoms with van der Waals surface area (Å²) < 4.78 is 7.34. The van der Waals surface area contributed by atoms with Crippen LogP contribution in [0.5, 0.6) is 11.6 Å². The number of aldehydes is 1. The van der Waals surface area contributed by atoms with E-state index in [2.05, 4.69) is 4.98 Å². The maximum absolute atomic E-state index is 11.3. The van der Waals surface area contributed by atoms with Crippen LogP contribution in [0.4, 0.5) is 0 Å². The summed E-state index contributed by atoms with van der Waals surface area (Å²) in [7, 11) is 0. The number of nitrogens with zero attached hydrogens (tertiary/aromatic N) is 2. The Kier molecular flexibility index (Phi) is 3.18. The second-order valence-electron chi connectivity index (χ2n) is 4.22. The van der Waals surface area contributed by atoms with E-state index in [1.807, 2.05) is 18.2 Å². The molecule has 0 atom stereocenters. The second kappa shape index (κ2) is 5.14. The third-order valence-corrected chi connectivity index (χ3v) is 2.99. The van der Waals surface area contributed by atoms with Gasteiger partial charge in [0, 0.05) is 11.8 Å². The van der Waals surface area contributed by atoms with Crippen molar-refractivity contribution in [1.82, 2.24) is 9.38 Å². The van der Waals surface area contributed by atoms with Gasteiger partial charge >= 0.3 is 0 Å². The van der Waals surface area contributed by atoms with Crippen LogP contribution in [0, 0.1) is 0 Å². The molecular weight excluding hydrogens is 256 g/mol. The molecule has 5 nitrogen and oxygen atoms in total. The Labute approximate surface area is 115 Å². The first kappa shape index (κ1) is 12.4. The zero-order valence-corrected chi connectivity index (χ0v) is 10.6. The fraction of sp³-hybridized carbons (Fsp3) is 0.0667. The summed E-state index contributed by atoms with van der Waals surface area (Å²) in [5, 5.41) is 9.29. The number of para-hydroxylation sites is 1. The number of carbonyl (C=O) groups is 1. The van der Waals surface area contributed by atoms with Gasteiger partial charge in [0.05, 0.1) is 6.61 Å². The zero-order valence-electron chi connectivity index (χ0n) is 10.6. The number of carbonyl (C=O) groups excluding carboxylic acids is 1. The van der Waals surface area contributed by atoms with Gasteiger partial charge in [-0.3, -0.25) is 9.20 Å². The zero-order chi connectivity index (χ0) is 13.9. The molecule has 0 aliphatic carbocycles. The molecule has 0 saturated carbocycles. The van der Waals surface area contributed by atoms with Crippen LogP contribution in [-0.2, 0) is 6.61 Å². The molecule has 2 heterocycles. The maximum Gasteiger partial charge on any atom is 0.249 e. The van der Waals surface area contributed by atoms with Crippen molar-refractivity contribution in [2.45, 2.75) is 6.61 Å². The number of aliphatic hydroxyl groups excluding tert-OH is 1. The number of hydrogen-bond acceptors (Lipinski definition) is 4. The van der Waals surface area contributed by atoms with Crippen molar-refractivity contribution < 1.29 is 14.6 Å². The van der Waals surface area contributed by atoms with Gasteiger partial charge in [0.1, 0.15) is 11.4 Å². The van der Waals surface area contributed by atoms with Crippen LogP contribution in [0.15, 0.2) is 48.7 Å². The van der Waals surface area contributed by atoms with Crippen LogP contribution in [-0.4, -0.2) is 20.8 Å². The summed E-state index contributed by atoms with van der Waals surface area (Å²) in [5.74, 6) is 0.716. The number of benzene rings is 1. The van der Waals surface area contributed by atoms with Crippen molar-refractivity contribution in [3.05, 3.63) is 59.9 Å². The first-order valence-electron chi connectivity index (χ1n) is 6.12. The van der Waals surface area contributed by atoms with E-state index in [0.717, 1.165) is 0 Å². The molecule has 1 N–H and O–H groups in total. The van der Waals surface area contributed by atoms with E-state index < -0.39 is 0 Å². The van der Waals surface area contributed by atoms with Crippen LogP contribution in [0.1, 0.15) is 16.1 Å². The number of aliphatic hydroxyl groups is 1. The third-order valence-electron chi connectivity index (χ3n) is 2.99. The fourth-order valence-electron chi connectivity index (χ4n) is 2.01. The van der Waals surface area contributed by atoms with Crippen LogP contribution in [0.2, 0.25) is 0 Å². The molecule has 1 aromatic carbocycles. The molecule has 0 fully saturated rings. The van der Waals surface area contributed by atoms with Gasteiger partial charge in [-0.25, -0.2) is 0 Å². The van der Waals surface area contributed by atoms with Gasteiger partial charge in [-0.1, -0.05) is 24.3 Å². The van der Waals surface area contributed by atoms with Crippen molar-refractivity contribution >= 4 is 11.9 Å². The Morgan fingerprint density at radius 3 is 2.80 bits per heavy atom. The first-order chi connectivity index (χ1) is 9.83. The standard InChI is InChI=1S/C15H12N2O3/c18-9-11-5-1-2-6-13(11)20-15-12(10-19)17-8-4-3-7-14(17)16-15/h1-8,10,18H,9H2. The summed E-state index contributed by atoms with van der Waals surface area (Å²) >= 11 is 0. The molecule has 0 bridgehead atoms. The van der Waals surface area contributed by atoms with Crippen molar-refractivity contribution in [2.24, 2.45) is 0 Å². The SMILES string of the molecule is O=Cc1c(Oc2ccccc2CO)nc2ccccn12. The van der Waals surface area contributed by atoms with E-state index in [9.17, 15) is 9.90 Å². The lowest BCUT2D eigenvalue weighted by molar-refractivity contribution is 0.111. The number of ether oxygens (including phenoxy) is 1. The lowest BCUT2D eigenvalue weighted by atomic mass is 10.2. The van der Waals surface area contributed by atoms with Gasteiger partial charge in [0.15, 0.2) is 12.0 Å². The molecule has 0 aliphatic heterocycles. The number of aromatic nitrogens is 2. The summed E-state index contributed by atoms with van der Waals surface area (Å²) in [5.41, 5.74) is 1.61. The quantitative estimate of drug-likeness (QED) is 0.738. The average Bonchev–Trinajstić information content (AvgIpc) is 2.85. The lowest BCUT2D eigenvalue weighted by Crippen LogP contribution is -1.95. The molecule has 0 spiro atoms. The monoisotopic (exact) mass is 268 g/mol. The molecule has 2 aromatic heterocycles. The maximum atomic E-state index is 11.3. The fourth-order valence-corrected chi connectivity index (χ4v) is 2.01. The molecule has 5 heteroatoms. The van der Waals surface area contributed by atoms with Gasteiger partial charge in [-0.05, 0) is 18.2 Å². The predicted octanol–water partition coefficient (Wildman–Crippen LogP) is 2.43. The molecule has 0 aliphatic rings. The molecule has 0 radical (unpaired) electrons. The normalized spacial score (nSPS) is 10.7. The predicted molar refractivity (Wildman–Crippen MR) is 73.0 cm³/mol.